The first-order valence-electron chi connectivity index (χ1n) is 11.8. The molecule has 0 fully saturated rings. The predicted octanol–water partition coefficient (Wildman–Crippen LogP) is 3.94. The lowest BCUT2D eigenvalue weighted by atomic mass is 9.95. The number of aromatic hydroxyl groups is 1. The van der Waals surface area contributed by atoms with E-state index in [2.05, 4.69) is 5.32 Å². The van der Waals surface area contributed by atoms with Crippen LogP contribution in [0.15, 0.2) is 47.4 Å². The van der Waals surface area contributed by atoms with E-state index in [-0.39, 0.29) is 18.7 Å². The van der Waals surface area contributed by atoms with E-state index < -0.39 is 35.6 Å². The first kappa shape index (κ1) is 29.0. The van der Waals surface area contributed by atoms with Crippen molar-refractivity contribution < 1.29 is 24.2 Å². The minimum atomic E-state index is -1.01. The van der Waals surface area contributed by atoms with Crippen molar-refractivity contribution >= 4 is 29.7 Å². The Balaban J connectivity index is 2.34. The van der Waals surface area contributed by atoms with Gasteiger partial charge in [-0.1, -0.05) is 18.2 Å². The van der Waals surface area contributed by atoms with Crippen LogP contribution in [0, 0.1) is 13.8 Å². The van der Waals surface area contributed by atoms with Crippen molar-refractivity contribution in [1.29, 1.82) is 0 Å². The molecule has 4 N–H and O–H groups in total. The number of ether oxygens (including phenoxy) is 1. The average molecular weight is 516 g/mol. The van der Waals surface area contributed by atoms with Gasteiger partial charge in [-0.25, -0.2) is 4.79 Å². The fourth-order valence-electron chi connectivity index (χ4n) is 3.77. The van der Waals surface area contributed by atoms with Crippen molar-refractivity contribution in [3.8, 4) is 5.75 Å². The lowest BCUT2D eigenvalue weighted by Crippen LogP contribution is -2.56. The lowest BCUT2D eigenvalue weighted by Gasteiger charge is -2.32. The zero-order valence-electron chi connectivity index (χ0n) is 21.8. The Morgan fingerprint density at radius 2 is 1.69 bits per heavy atom. The molecule has 2 aromatic carbocycles. The number of rotatable bonds is 10. The van der Waals surface area contributed by atoms with Gasteiger partial charge in [-0.2, -0.15) is 0 Å². The Morgan fingerprint density at radius 3 is 2.22 bits per heavy atom. The van der Waals surface area contributed by atoms with Crippen LogP contribution < -0.4 is 11.1 Å². The second-order valence-corrected chi connectivity index (χ2v) is 10.9. The minimum Gasteiger partial charge on any atom is -0.508 e. The Labute approximate surface area is 217 Å². The zero-order valence-corrected chi connectivity index (χ0v) is 22.6. The topological polar surface area (TPSA) is 122 Å². The molecule has 0 spiro atoms. The molecule has 8 nitrogen and oxygen atoms in total. The highest BCUT2D eigenvalue weighted by molar-refractivity contribution is 7.99. The second kappa shape index (κ2) is 12.7. The number of hydrogen-bond donors (Lipinski definition) is 3. The number of hydrogen-bond acceptors (Lipinski definition) is 6. The summed E-state index contributed by atoms with van der Waals surface area (Å²) in [6.07, 6.45) is -0.579. The Bertz CT molecular complexity index is 1050. The third-order valence-corrected chi connectivity index (χ3v) is 6.58. The van der Waals surface area contributed by atoms with Crippen LogP contribution in [0.4, 0.5) is 4.79 Å². The van der Waals surface area contributed by atoms with Gasteiger partial charge >= 0.3 is 6.09 Å². The predicted molar refractivity (Wildman–Crippen MR) is 142 cm³/mol. The number of nitrogens with zero attached hydrogens (tertiary/aromatic N) is 1. The highest BCUT2D eigenvalue weighted by Gasteiger charge is 2.33. The summed E-state index contributed by atoms with van der Waals surface area (Å²) in [6.45, 7) is 10.7. The zero-order chi connectivity index (χ0) is 27.0. The smallest absolute Gasteiger partial charge is 0.408 e. The summed E-state index contributed by atoms with van der Waals surface area (Å²) in [5.74, 6) is -0.420. The molecule has 0 aliphatic carbocycles. The highest BCUT2D eigenvalue weighted by atomic mass is 32.2. The second-order valence-electron chi connectivity index (χ2n) is 9.73. The van der Waals surface area contributed by atoms with Crippen molar-refractivity contribution in [2.75, 3.05) is 12.3 Å². The van der Waals surface area contributed by atoms with E-state index in [1.165, 1.54) is 4.90 Å². The van der Waals surface area contributed by atoms with E-state index in [4.69, 9.17) is 10.5 Å². The Kier molecular flexibility index (Phi) is 10.2. The number of alkyl carbamates (subject to hydrolysis) is 1. The maximum Gasteiger partial charge on any atom is 0.408 e. The lowest BCUT2D eigenvalue weighted by molar-refractivity contribution is -0.140. The molecule has 2 rings (SSSR count). The molecule has 0 aromatic heterocycles. The standard InChI is InChI=1S/C27H37N3O5S/c1-17-14-20(31)15-18(2)22(17)16-23(29-26(34)35-27(4,5)6)25(33)30(19(3)24(28)32)12-13-36-21-10-8-7-9-11-21/h7-11,14-15,19,23,31H,12-13,16H2,1-6H3,(H2,28,32)(H,29,34)/t19-,23?/m1/s1. The molecule has 0 heterocycles. The molecule has 2 aromatic rings. The molecule has 36 heavy (non-hydrogen) atoms. The number of carbonyl (C=O) groups is 3. The van der Waals surface area contributed by atoms with Crippen LogP contribution in [-0.2, 0) is 20.7 Å². The molecule has 0 saturated carbocycles. The largest absolute Gasteiger partial charge is 0.508 e. The Morgan fingerprint density at radius 1 is 1.11 bits per heavy atom. The van der Waals surface area contributed by atoms with Crippen molar-refractivity contribution in [2.24, 2.45) is 5.73 Å². The van der Waals surface area contributed by atoms with Crippen LogP contribution in [0.1, 0.15) is 44.4 Å². The van der Waals surface area contributed by atoms with Crippen molar-refractivity contribution in [3.63, 3.8) is 0 Å². The normalized spacial score (nSPS) is 12.9. The SMILES string of the molecule is Cc1cc(O)cc(C)c1CC(NC(=O)OC(C)(C)C)C(=O)N(CCSc1ccccc1)[C@H](C)C(N)=O. The van der Waals surface area contributed by atoms with Gasteiger partial charge in [-0.15, -0.1) is 11.8 Å². The van der Waals surface area contributed by atoms with Crippen LogP contribution >= 0.6 is 11.8 Å². The third-order valence-electron chi connectivity index (χ3n) is 5.58. The molecule has 0 aliphatic rings. The van der Waals surface area contributed by atoms with E-state index in [1.807, 2.05) is 44.2 Å². The molecule has 0 saturated heterocycles. The number of benzene rings is 2. The molecule has 0 aliphatic heterocycles. The third kappa shape index (κ3) is 8.78. The van der Waals surface area contributed by atoms with Gasteiger partial charge in [0.15, 0.2) is 0 Å². The number of phenols is 1. The van der Waals surface area contributed by atoms with Crippen molar-refractivity contribution in [1.82, 2.24) is 10.2 Å². The van der Waals surface area contributed by atoms with Gasteiger partial charge in [0.05, 0.1) is 0 Å². The van der Waals surface area contributed by atoms with E-state index in [0.717, 1.165) is 21.6 Å². The molecule has 9 heteroatoms. The Hall–Kier alpha value is -3.20. The number of primary amides is 1. The number of nitrogens with one attached hydrogen (secondary N) is 1. The highest BCUT2D eigenvalue weighted by Crippen LogP contribution is 2.23. The molecular weight excluding hydrogens is 478 g/mol. The van der Waals surface area contributed by atoms with Gasteiger partial charge in [-0.05, 0) is 82.5 Å². The van der Waals surface area contributed by atoms with Crippen LogP contribution in [0.3, 0.4) is 0 Å². The van der Waals surface area contributed by atoms with Crippen LogP contribution in [0.25, 0.3) is 0 Å². The van der Waals surface area contributed by atoms with Gasteiger partial charge in [0.2, 0.25) is 11.8 Å². The number of nitrogens with two attached hydrogens (primary N) is 1. The number of thioether (sulfide) groups is 1. The fraction of sp³-hybridized carbons (Fsp3) is 0.444. The van der Waals surface area contributed by atoms with Crippen LogP contribution in [0.5, 0.6) is 5.75 Å². The summed E-state index contributed by atoms with van der Waals surface area (Å²) in [5.41, 5.74) is 7.20. The maximum absolute atomic E-state index is 13.8. The van der Waals surface area contributed by atoms with Gasteiger partial charge in [0, 0.05) is 23.6 Å². The monoisotopic (exact) mass is 515 g/mol. The number of phenolic OH excluding ortho intramolecular Hbond substituents is 1. The summed E-state index contributed by atoms with van der Waals surface area (Å²) in [5, 5.41) is 12.6. The first-order valence-corrected chi connectivity index (χ1v) is 12.8. The summed E-state index contributed by atoms with van der Waals surface area (Å²) in [6, 6.07) is 11.1. The van der Waals surface area contributed by atoms with Crippen LogP contribution in [0.2, 0.25) is 0 Å². The molecule has 0 radical (unpaired) electrons. The summed E-state index contributed by atoms with van der Waals surface area (Å²) in [7, 11) is 0. The van der Waals surface area contributed by atoms with E-state index in [9.17, 15) is 19.5 Å². The molecular formula is C27H37N3O5S. The average Bonchev–Trinajstić information content (AvgIpc) is 2.76. The summed E-state index contributed by atoms with van der Waals surface area (Å²) < 4.78 is 5.41. The number of aryl methyl sites for hydroxylation is 2. The van der Waals surface area contributed by atoms with Crippen molar-refractivity contribution in [3.05, 3.63) is 59.2 Å². The molecule has 0 bridgehead atoms. The van der Waals surface area contributed by atoms with Crippen molar-refractivity contribution in [2.45, 2.75) is 70.5 Å². The first-order chi connectivity index (χ1) is 16.8. The molecule has 1 unspecified atom stereocenters. The molecule has 196 valence electrons. The quantitative estimate of drug-likeness (QED) is 0.412. The van der Waals surface area contributed by atoms with Gasteiger partial charge in [0.25, 0.3) is 0 Å². The molecule has 3 amide bonds. The maximum atomic E-state index is 13.8. The van der Waals surface area contributed by atoms with Crippen LogP contribution in [-0.4, -0.2) is 57.9 Å². The summed E-state index contributed by atoms with van der Waals surface area (Å²) in [4.78, 5) is 41.0. The van der Waals surface area contributed by atoms with Gasteiger partial charge in [0.1, 0.15) is 23.4 Å². The van der Waals surface area contributed by atoms with E-state index in [0.29, 0.717) is 5.75 Å². The van der Waals surface area contributed by atoms with Gasteiger partial charge < -0.3 is 25.8 Å². The van der Waals surface area contributed by atoms with E-state index >= 15 is 0 Å². The van der Waals surface area contributed by atoms with E-state index in [1.54, 1.807) is 51.6 Å². The fourth-order valence-corrected chi connectivity index (χ4v) is 4.65. The molecule has 2 atom stereocenters. The minimum absolute atomic E-state index is 0.124. The summed E-state index contributed by atoms with van der Waals surface area (Å²) >= 11 is 1.55. The number of carbonyl (C=O) groups excluding carboxylic acids is 3. The van der Waals surface area contributed by atoms with Gasteiger partial charge in [-0.3, -0.25) is 9.59 Å². The number of amides is 3.